The molecule has 0 fully saturated rings. The van der Waals surface area contributed by atoms with Gasteiger partial charge in [-0.3, -0.25) is 9.59 Å². The summed E-state index contributed by atoms with van der Waals surface area (Å²) in [5, 5.41) is 0.151. The van der Waals surface area contributed by atoms with E-state index >= 15 is 0 Å². The normalized spacial score (nSPS) is 13.9. The molecule has 2 aromatic carbocycles. The average Bonchev–Trinajstić information content (AvgIpc) is 2.90. The molecule has 2 amide bonds. The Labute approximate surface area is 247 Å². The predicted octanol–water partition coefficient (Wildman–Crippen LogP) is 8.66. The second-order valence-corrected chi connectivity index (χ2v) is 10.2. The highest BCUT2D eigenvalue weighted by molar-refractivity contribution is 9.11. The Morgan fingerprint density at radius 1 is 0.829 bits per heavy atom. The number of halogens is 12. The first kappa shape index (κ1) is 32.7. The van der Waals surface area contributed by atoms with Crippen LogP contribution >= 0.6 is 43.7 Å². The molecule has 1 unspecified atom stereocenters. The lowest BCUT2D eigenvalue weighted by Gasteiger charge is -2.36. The van der Waals surface area contributed by atoms with Gasteiger partial charge in [0.1, 0.15) is 5.15 Å². The van der Waals surface area contributed by atoms with E-state index in [0.717, 1.165) is 0 Å². The zero-order valence-electron chi connectivity index (χ0n) is 20.0. The Bertz CT molecular complexity index is 1470. The van der Waals surface area contributed by atoms with Crippen LogP contribution in [0.2, 0.25) is 5.15 Å². The molecule has 0 N–H and O–H groups in total. The van der Waals surface area contributed by atoms with E-state index in [4.69, 9.17) is 11.6 Å². The number of benzene rings is 2. The third-order valence-corrected chi connectivity index (χ3v) is 7.24. The second-order valence-electron chi connectivity index (χ2n) is 8.26. The van der Waals surface area contributed by atoms with Crippen molar-refractivity contribution in [3.05, 3.63) is 87.1 Å². The number of hydrogen-bond acceptors (Lipinski definition) is 3. The lowest BCUT2D eigenvalue weighted by molar-refractivity contribution is -0.389. The third kappa shape index (κ3) is 6.04. The molecule has 0 saturated carbocycles. The summed E-state index contributed by atoms with van der Waals surface area (Å²) in [4.78, 5) is 30.8. The van der Waals surface area contributed by atoms with Gasteiger partial charge in [-0.15, -0.1) is 0 Å². The average molecular weight is 742 g/mol. The van der Waals surface area contributed by atoms with Gasteiger partial charge in [-0.05, 0) is 58.4 Å². The topological polar surface area (TPSA) is 53.5 Å². The zero-order chi connectivity index (χ0) is 31.1. The van der Waals surface area contributed by atoms with Crippen LogP contribution in [0.1, 0.15) is 26.3 Å². The van der Waals surface area contributed by atoms with Gasteiger partial charge in [0.15, 0.2) is 0 Å². The molecule has 0 bridgehead atoms. The maximum atomic E-state index is 14.8. The van der Waals surface area contributed by atoms with Gasteiger partial charge in [0.25, 0.3) is 11.8 Å². The largest absolute Gasteiger partial charge is 0.457 e. The molecular weight excluding hydrogens is 729 g/mol. The molecule has 41 heavy (non-hydrogen) atoms. The number of rotatable bonds is 6. The van der Waals surface area contributed by atoms with Crippen molar-refractivity contribution in [2.24, 2.45) is 0 Å². The second kappa shape index (κ2) is 11.4. The smallest absolute Gasteiger partial charge is 0.311 e. The molecule has 0 spiro atoms. The van der Waals surface area contributed by atoms with Crippen LogP contribution in [0.15, 0.2) is 65.3 Å². The van der Waals surface area contributed by atoms with E-state index in [0.29, 0.717) is 9.99 Å². The number of anilines is 2. The van der Waals surface area contributed by atoms with Crippen LogP contribution in [-0.2, 0) is 5.67 Å². The lowest BCUT2D eigenvalue weighted by atomic mass is 9.87. The number of hydrogen-bond donors (Lipinski definition) is 0. The van der Waals surface area contributed by atoms with Gasteiger partial charge in [0, 0.05) is 34.5 Å². The van der Waals surface area contributed by atoms with Crippen molar-refractivity contribution < 1.29 is 49.1 Å². The number of pyridine rings is 1. The molecule has 17 heteroatoms. The van der Waals surface area contributed by atoms with Crippen molar-refractivity contribution in [2.75, 3.05) is 15.9 Å². The van der Waals surface area contributed by atoms with Crippen LogP contribution in [0, 0.1) is 0 Å². The summed E-state index contributed by atoms with van der Waals surface area (Å²) >= 11 is 11.3. The molecule has 5 nitrogen and oxygen atoms in total. The van der Waals surface area contributed by atoms with Crippen molar-refractivity contribution in [3.63, 3.8) is 0 Å². The van der Waals surface area contributed by atoms with Gasteiger partial charge >= 0.3 is 23.9 Å². The highest BCUT2D eigenvalue weighted by atomic mass is 79.9. The summed E-state index contributed by atoms with van der Waals surface area (Å²) in [6.45, 7) is 0. The Morgan fingerprint density at radius 2 is 1.46 bits per heavy atom. The molecule has 0 saturated heterocycles. The Balaban J connectivity index is 1.94. The molecule has 1 atom stereocenters. The van der Waals surface area contributed by atoms with E-state index in [1.54, 1.807) is 0 Å². The zero-order valence-corrected chi connectivity index (χ0v) is 23.9. The SMILES string of the molecule is CN(C(=O)c1ccc(Cl)nc1)c1cccc(C(=O)N(Br)c2ccc(C(F)(C(F)(F)F)C(F)(F)C(F)(F)F)cc2Br)c1. The lowest BCUT2D eigenvalue weighted by Crippen LogP contribution is -2.59. The number of alkyl halides is 9. The van der Waals surface area contributed by atoms with Crippen LogP contribution < -0.4 is 8.83 Å². The van der Waals surface area contributed by atoms with Crippen molar-refractivity contribution in [1.29, 1.82) is 0 Å². The van der Waals surface area contributed by atoms with E-state index in [9.17, 15) is 49.1 Å². The highest BCUT2D eigenvalue weighted by Gasteiger charge is 2.81. The maximum absolute atomic E-state index is 14.8. The van der Waals surface area contributed by atoms with Crippen LogP contribution in [0.3, 0.4) is 0 Å². The van der Waals surface area contributed by atoms with Crippen molar-refractivity contribution >= 4 is 66.9 Å². The molecule has 3 aromatic rings. The number of amides is 2. The van der Waals surface area contributed by atoms with Crippen LogP contribution in [-0.4, -0.2) is 42.1 Å². The first-order valence-electron chi connectivity index (χ1n) is 10.7. The fourth-order valence-electron chi connectivity index (χ4n) is 3.48. The minimum Gasteiger partial charge on any atom is -0.311 e. The van der Waals surface area contributed by atoms with Gasteiger partial charge in [-0.1, -0.05) is 23.7 Å². The molecule has 3 rings (SSSR count). The minimum absolute atomic E-state index is 0.0534. The first-order chi connectivity index (χ1) is 18.7. The Kier molecular flexibility index (Phi) is 9.11. The first-order valence-corrected chi connectivity index (χ1v) is 12.6. The summed E-state index contributed by atoms with van der Waals surface area (Å²) in [7, 11) is 1.39. The molecule has 1 aromatic heterocycles. The van der Waals surface area contributed by atoms with Gasteiger partial charge in [0.05, 0.1) is 27.4 Å². The predicted molar refractivity (Wildman–Crippen MR) is 138 cm³/mol. The van der Waals surface area contributed by atoms with Gasteiger partial charge in [-0.25, -0.2) is 13.3 Å². The van der Waals surface area contributed by atoms with E-state index in [-0.39, 0.29) is 39.8 Å². The van der Waals surface area contributed by atoms with Crippen LogP contribution in [0.5, 0.6) is 0 Å². The van der Waals surface area contributed by atoms with Crippen molar-refractivity contribution in [2.45, 2.75) is 23.9 Å². The minimum atomic E-state index is -6.89. The molecule has 0 aliphatic rings. The van der Waals surface area contributed by atoms with E-state index in [2.05, 4.69) is 37.1 Å². The van der Waals surface area contributed by atoms with Gasteiger partial charge in [-0.2, -0.15) is 35.1 Å². The molecule has 1 heterocycles. The number of carbonyl (C=O) groups is 2. The van der Waals surface area contributed by atoms with Crippen LogP contribution in [0.25, 0.3) is 0 Å². The van der Waals surface area contributed by atoms with Crippen LogP contribution in [0.4, 0.5) is 50.9 Å². The standard InChI is InChI=1S/C24H13Br2ClF9N3O2/c1-38(19(40)13-5-8-18(27)37-11-13)15-4-2-3-12(9-15)20(41)39(26)17-7-6-14(10-16(17)25)21(28,23(31,32)33)22(29,30)24(34,35)36/h2-11H,1H3. The highest BCUT2D eigenvalue weighted by Crippen LogP contribution is 2.58. The maximum Gasteiger partial charge on any atom is 0.457 e. The fraction of sp³-hybridized carbons (Fsp3) is 0.208. The fourth-order valence-corrected chi connectivity index (χ4v) is 4.90. The van der Waals surface area contributed by atoms with Gasteiger partial charge in [0.2, 0.25) is 0 Å². The van der Waals surface area contributed by atoms with E-state index < -0.39 is 45.8 Å². The summed E-state index contributed by atoms with van der Waals surface area (Å²) in [5.41, 5.74) is -8.30. The molecule has 220 valence electrons. The number of nitrogens with zero attached hydrogens (tertiary/aromatic N) is 3. The summed E-state index contributed by atoms with van der Waals surface area (Å²) in [5.74, 6) is -8.28. The summed E-state index contributed by atoms with van der Waals surface area (Å²) in [6.07, 6.45) is -12.3. The summed E-state index contributed by atoms with van der Waals surface area (Å²) < 4.78 is 121. The number of carbonyl (C=O) groups excluding carboxylic acids is 2. The Morgan fingerprint density at radius 3 is 1.98 bits per heavy atom. The van der Waals surface area contributed by atoms with Gasteiger partial charge < -0.3 is 4.90 Å². The van der Waals surface area contributed by atoms with Crippen molar-refractivity contribution in [1.82, 2.24) is 4.98 Å². The summed E-state index contributed by atoms with van der Waals surface area (Å²) in [6, 6.07) is 8.88. The molecule has 0 aliphatic carbocycles. The molecule has 0 radical (unpaired) electrons. The monoisotopic (exact) mass is 739 g/mol. The quantitative estimate of drug-likeness (QED) is 0.145. The van der Waals surface area contributed by atoms with E-state index in [1.165, 1.54) is 54.5 Å². The molecular formula is C24H13Br2ClF9N3O2. The number of aromatic nitrogens is 1. The van der Waals surface area contributed by atoms with E-state index in [1.807, 2.05) is 0 Å². The molecule has 0 aliphatic heterocycles. The Hall–Kier alpha value is -2.85. The van der Waals surface area contributed by atoms with Crippen molar-refractivity contribution in [3.8, 4) is 0 Å². The third-order valence-electron chi connectivity index (χ3n) is 5.67.